The molecule has 0 bridgehead atoms. The number of nitrogens with two attached hydrogens (primary N) is 1. The van der Waals surface area contributed by atoms with E-state index in [9.17, 15) is 14.7 Å². The molecule has 0 fully saturated rings. The average Bonchev–Trinajstić information content (AvgIpc) is 2.56. The molecule has 8 heteroatoms. The molecule has 0 spiro atoms. The Morgan fingerprint density at radius 1 is 1.26 bits per heavy atom. The van der Waals surface area contributed by atoms with E-state index < -0.39 is 18.3 Å². The van der Waals surface area contributed by atoms with Crippen LogP contribution in [0.4, 0.5) is 5.69 Å². The summed E-state index contributed by atoms with van der Waals surface area (Å²) in [6, 6.07) is 10.6. The zero-order valence-electron chi connectivity index (χ0n) is 11.8. The minimum absolute atomic E-state index is 0.00629. The second-order valence-electron chi connectivity index (χ2n) is 4.74. The molecular weight excluding hydrogens is 300 g/mol. The highest BCUT2D eigenvalue weighted by Crippen LogP contribution is 2.19. The molecule has 3 aromatic rings. The molecule has 0 radical (unpaired) electrons. The Morgan fingerprint density at radius 2 is 2.04 bits per heavy atom. The molecule has 0 amide bonds. The highest BCUT2D eigenvalue weighted by molar-refractivity contribution is 5.95. The maximum absolute atomic E-state index is 12.2. The van der Waals surface area contributed by atoms with Crippen LogP contribution in [0.5, 0.6) is 5.75 Å². The van der Waals surface area contributed by atoms with Gasteiger partial charge in [-0.05, 0) is 30.3 Å². The summed E-state index contributed by atoms with van der Waals surface area (Å²) in [7, 11) is 0. The van der Waals surface area contributed by atoms with Gasteiger partial charge in [-0.1, -0.05) is 17.3 Å². The number of phenols is 1. The second-order valence-corrected chi connectivity index (χ2v) is 4.74. The van der Waals surface area contributed by atoms with Crippen molar-refractivity contribution in [3.8, 4) is 5.75 Å². The van der Waals surface area contributed by atoms with E-state index in [4.69, 9.17) is 10.5 Å². The van der Waals surface area contributed by atoms with Crippen LogP contribution < -0.4 is 11.3 Å². The minimum atomic E-state index is -0.778. The van der Waals surface area contributed by atoms with Gasteiger partial charge in [0.05, 0.1) is 10.9 Å². The summed E-state index contributed by atoms with van der Waals surface area (Å²) in [5.74, 6) is -0.894. The zero-order valence-corrected chi connectivity index (χ0v) is 11.8. The molecule has 0 atom stereocenters. The fraction of sp³-hybridized carbons (Fsp3) is 0.0667. The Labute approximate surface area is 129 Å². The molecule has 1 heterocycles. The van der Waals surface area contributed by atoms with Gasteiger partial charge in [0, 0.05) is 5.69 Å². The number of carbonyl (C=O) groups excluding carboxylic acids is 1. The molecule has 2 aromatic carbocycles. The highest BCUT2D eigenvalue weighted by atomic mass is 16.5. The van der Waals surface area contributed by atoms with Gasteiger partial charge in [0.1, 0.15) is 11.3 Å². The first-order valence-electron chi connectivity index (χ1n) is 6.64. The number of nitrogens with zero attached hydrogens (tertiary/aromatic N) is 3. The molecule has 0 aliphatic heterocycles. The Morgan fingerprint density at radius 3 is 2.87 bits per heavy atom. The van der Waals surface area contributed by atoms with E-state index >= 15 is 0 Å². The predicted molar refractivity (Wildman–Crippen MR) is 81.7 cm³/mol. The maximum atomic E-state index is 12.2. The molecule has 1 aromatic heterocycles. The largest absolute Gasteiger partial charge is 0.508 e. The SMILES string of the molecule is Nc1ccc(O)cc1C(=O)OCn1nnc2ccccc2c1=O. The van der Waals surface area contributed by atoms with E-state index in [1.54, 1.807) is 24.3 Å². The van der Waals surface area contributed by atoms with Crippen LogP contribution in [0.25, 0.3) is 10.9 Å². The lowest BCUT2D eigenvalue weighted by molar-refractivity contribution is 0.0337. The van der Waals surface area contributed by atoms with Gasteiger partial charge in [-0.2, -0.15) is 4.68 Å². The Bertz CT molecular complexity index is 952. The molecular formula is C15H12N4O4. The van der Waals surface area contributed by atoms with Crippen LogP contribution in [0, 0.1) is 0 Å². The smallest absolute Gasteiger partial charge is 0.342 e. The molecule has 116 valence electrons. The molecule has 0 aliphatic carbocycles. The summed E-state index contributed by atoms with van der Waals surface area (Å²) in [6.07, 6.45) is 0. The van der Waals surface area contributed by atoms with Crippen LogP contribution in [0.2, 0.25) is 0 Å². The average molecular weight is 312 g/mol. The van der Waals surface area contributed by atoms with Gasteiger partial charge in [-0.3, -0.25) is 4.79 Å². The number of esters is 1. The predicted octanol–water partition coefficient (Wildman–Crippen LogP) is 0.894. The third-order valence-corrected chi connectivity index (χ3v) is 3.20. The third-order valence-electron chi connectivity index (χ3n) is 3.20. The van der Waals surface area contributed by atoms with Crippen LogP contribution in [0.3, 0.4) is 0 Å². The number of hydrogen-bond donors (Lipinski definition) is 2. The van der Waals surface area contributed by atoms with Gasteiger partial charge in [-0.15, -0.1) is 5.10 Å². The van der Waals surface area contributed by atoms with Gasteiger partial charge in [0.2, 0.25) is 0 Å². The van der Waals surface area contributed by atoms with Crippen molar-refractivity contribution < 1.29 is 14.6 Å². The lowest BCUT2D eigenvalue weighted by atomic mass is 10.2. The molecule has 8 nitrogen and oxygen atoms in total. The van der Waals surface area contributed by atoms with Crippen molar-refractivity contribution in [3.05, 3.63) is 58.4 Å². The monoisotopic (exact) mass is 312 g/mol. The van der Waals surface area contributed by atoms with E-state index in [-0.39, 0.29) is 17.0 Å². The standard InChI is InChI=1S/C15H12N4O4/c16-12-6-5-9(20)7-11(12)15(22)23-8-19-14(21)10-3-1-2-4-13(10)17-18-19/h1-7,20H,8,16H2. The van der Waals surface area contributed by atoms with E-state index in [1.807, 2.05) is 0 Å². The molecule has 0 saturated heterocycles. The second kappa shape index (κ2) is 5.76. The summed E-state index contributed by atoms with van der Waals surface area (Å²) in [5, 5.41) is 17.4. The summed E-state index contributed by atoms with van der Waals surface area (Å²) >= 11 is 0. The van der Waals surface area contributed by atoms with Crippen LogP contribution in [0.1, 0.15) is 10.4 Å². The number of anilines is 1. The molecule has 0 saturated carbocycles. The molecule has 3 rings (SSSR count). The van der Waals surface area contributed by atoms with Gasteiger partial charge in [0.15, 0.2) is 6.73 Å². The van der Waals surface area contributed by atoms with Crippen molar-refractivity contribution >= 4 is 22.6 Å². The quantitative estimate of drug-likeness (QED) is 0.418. The van der Waals surface area contributed by atoms with E-state index in [0.29, 0.717) is 10.9 Å². The lowest BCUT2D eigenvalue weighted by Crippen LogP contribution is -2.26. The third kappa shape index (κ3) is 2.82. The van der Waals surface area contributed by atoms with E-state index in [2.05, 4.69) is 10.3 Å². The van der Waals surface area contributed by atoms with Gasteiger partial charge < -0.3 is 15.6 Å². The van der Waals surface area contributed by atoms with Crippen LogP contribution in [-0.2, 0) is 11.5 Å². The Hall–Kier alpha value is -3.42. The number of carbonyl (C=O) groups is 1. The van der Waals surface area contributed by atoms with Gasteiger partial charge >= 0.3 is 5.97 Å². The van der Waals surface area contributed by atoms with Crippen molar-refractivity contribution in [2.45, 2.75) is 6.73 Å². The van der Waals surface area contributed by atoms with Crippen molar-refractivity contribution in [3.63, 3.8) is 0 Å². The molecule has 23 heavy (non-hydrogen) atoms. The first-order valence-corrected chi connectivity index (χ1v) is 6.64. The molecule has 0 unspecified atom stereocenters. The number of nitrogen functional groups attached to an aromatic ring is 1. The normalized spacial score (nSPS) is 10.6. The van der Waals surface area contributed by atoms with Crippen molar-refractivity contribution in [1.29, 1.82) is 0 Å². The Kier molecular flexibility index (Phi) is 3.63. The summed E-state index contributed by atoms with van der Waals surface area (Å²) in [5.41, 5.74) is 5.85. The number of ether oxygens (including phenoxy) is 1. The topological polar surface area (TPSA) is 120 Å². The fourth-order valence-electron chi connectivity index (χ4n) is 2.03. The van der Waals surface area contributed by atoms with E-state index in [0.717, 1.165) is 4.68 Å². The van der Waals surface area contributed by atoms with Crippen molar-refractivity contribution in [2.24, 2.45) is 0 Å². The fourth-order valence-corrected chi connectivity index (χ4v) is 2.03. The summed E-state index contributed by atoms with van der Waals surface area (Å²) in [4.78, 5) is 24.2. The number of phenolic OH excluding ortho intramolecular Hbond substituents is 1. The number of fused-ring (bicyclic) bond motifs is 1. The number of aromatic nitrogens is 3. The van der Waals surface area contributed by atoms with Crippen LogP contribution in [0.15, 0.2) is 47.3 Å². The summed E-state index contributed by atoms with van der Waals surface area (Å²) < 4.78 is 5.94. The molecule has 0 aliphatic rings. The number of aromatic hydroxyl groups is 1. The Balaban J connectivity index is 1.83. The minimum Gasteiger partial charge on any atom is -0.508 e. The van der Waals surface area contributed by atoms with Crippen molar-refractivity contribution in [1.82, 2.24) is 15.0 Å². The van der Waals surface area contributed by atoms with Gasteiger partial charge in [0.25, 0.3) is 5.56 Å². The first kappa shape index (κ1) is 14.5. The first-order chi connectivity index (χ1) is 11.1. The van der Waals surface area contributed by atoms with Gasteiger partial charge in [-0.25, -0.2) is 4.79 Å². The number of rotatable bonds is 3. The number of benzene rings is 2. The van der Waals surface area contributed by atoms with E-state index in [1.165, 1.54) is 18.2 Å². The van der Waals surface area contributed by atoms with Crippen LogP contribution in [-0.4, -0.2) is 26.1 Å². The number of hydrogen-bond acceptors (Lipinski definition) is 7. The van der Waals surface area contributed by atoms with Crippen LogP contribution >= 0.6 is 0 Å². The molecule has 3 N–H and O–H groups in total. The highest BCUT2D eigenvalue weighted by Gasteiger charge is 2.13. The summed E-state index contributed by atoms with van der Waals surface area (Å²) in [6.45, 7) is -0.412. The zero-order chi connectivity index (χ0) is 16.4. The lowest BCUT2D eigenvalue weighted by Gasteiger charge is -2.08. The maximum Gasteiger partial charge on any atom is 0.342 e. The van der Waals surface area contributed by atoms with Crippen molar-refractivity contribution in [2.75, 3.05) is 5.73 Å².